The van der Waals surface area contributed by atoms with E-state index in [9.17, 15) is 14.4 Å². The summed E-state index contributed by atoms with van der Waals surface area (Å²) >= 11 is 0. The SMILES string of the molecule is Cc1c(C(=O)NC2(CC(=O)O)CCC2)[nH]c2c1C(=O)CCC2. The molecule has 3 rings (SSSR count). The molecular formula is C16H20N2O4. The number of H-pyrrole nitrogens is 1. The number of aromatic amines is 1. The van der Waals surface area contributed by atoms with E-state index < -0.39 is 11.5 Å². The molecule has 2 aliphatic carbocycles. The summed E-state index contributed by atoms with van der Waals surface area (Å²) in [6.07, 6.45) is 4.33. The maximum absolute atomic E-state index is 12.5. The fraction of sp³-hybridized carbons (Fsp3) is 0.562. The lowest BCUT2D eigenvalue weighted by Gasteiger charge is -2.41. The summed E-state index contributed by atoms with van der Waals surface area (Å²) in [6.45, 7) is 1.78. The van der Waals surface area contributed by atoms with Crippen molar-refractivity contribution in [3.05, 3.63) is 22.5 Å². The number of aromatic nitrogens is 1. The van der Waals surface area contributed by atoms with Gasteiger partial charge in [0.25, 0.3) is 5.91 Å². The summed E-state index contributed by atoms with van der Waals surface area (Å²) in [5, 5.41) is 11.9. The normalized spacial score (nSPS) is 19.2. The molecule has 2 aliphatic rings. The monoisotopic (exact) mass is 304 g/mol. The molecule has 0 saturated heterocycles. The minimum Gasteiger partial charge on any atom is -0.481 e. The summed E-state index contributed by atoms with van der Waals surface area (Å²) in [7, 11) is 0. The molecule has 22 heavy (non-hydrogen) atoms. The third-order valence-corrected chi connectivity index (χ3v) is 4.84. The van der Waals surface area contributed by atoms with Crippen LogP contribution in [0, 0.1) is 6.92 Å². The Morgan fingerprint density at radius 3 is 2.55 bits per heavy atom. The van der Waals surface area contributed by atoms with Gasteiger partial charge in [-0.1, -0.05) is 0 Å². The molecule has 3 N–H and O–H groups in total. The molecule has 1 amide bonds. The molecule has 1 aromatic heterocycles. The predicted molar refractivity (Wildman–Crippen MR) is 79.1 cm³/mol. The molecule has 1 heterocycles. The van der Waals surface area contributed by atoms with Crippen LogP contribution < -0.4 is 5.32 Å². The molecule has 1 fully saturated rings. The second-order valence-corrected chi connectivity index (χ2v) is 6.41. The summed E-state index contributed by atoms with van der Waals surface area (Å²) in [6, 6.07) is 0. The Labute approximate surface area is 128 Å². The fourth-order valence-electron chi connectivity index (χ4n) is 3.54. The zero-order valence-corrected chi connectivity index (χ0v) is 12.6. The van der Waals surface area contributed by atoms with Crippen LogP contribution >= 0.6 is 0 Å². The first kappa shape index (κ1) is 14.8. The van der Waals surface area contributed by atoms with E-state index in [1.165, 1.54) is 0 Å². The van der Waals surface area contributed by atoms with Crippen molar-refractivity contribution in [3.8, 4) is 0 Å². The minimum absolute atomic E-state index is 0.0584. The van der Waals surface area contributed by atoms with Crippen molar-refractivity contribution in [1.29, 1.82) is 0 Å². The van der Waals surface area contributed by atoms with Gasteiger partial charge in [0.2, 0.25) is 0 Å². The second kappa shape index (κ2) is 5.26. The number of aliphatic carboxylic acids is 1. The van der Waals surface area contributed by atoms with Gasteiger partial charge in [0.1, 0.15) is 5.69 Å². The number of carboxylic acids is 1. The van der Waals surface area contributed by atoms with Crippen molar-refractivity contribution >= 4 is 17.7 Å². The zero-order valence-electron chi connectivity index (χ0n) is 12.6. The van der Waals surface area contributed by atoms with Crippen molar-refractivity contribution in [1.82, 2.24) is 10.3 Å². The Kier molecular flexibility index (Phi) is 3.54. The molecule has 1 saturated carbocycles. The maximum Gasteiger partial charge on any atom is 0.305 e. The maximum atomic E-state index is 12.5. The lowest BCUT2D eigenvalue weighted by atomic mass is 9.74. The minimum atomic E-state index is -0.905. The van der Waals surface area contributed by atoms with Gasteiger partial charge in [0.05, 0.1) is 12.0 Å². The molecule has 0 bridgehead atoms. The van der Waals surface area contributed by atoms with Crippen LogP contribution in [-0.2, 0) is 11.2 Å². The Bertz CT molecular complexity index is 655. The first-order valence-corrected chi connectivity index (χ1v) is 7.71. The molecule has 6 heteroatoms. The van der Waals surface area contributed by atoms with Crippen LogP contribution in [-0.4, -0.2) is 33.3 Å². The molecule has 0 atom stereocenters. The average Bonchev–Trinajstić information content (AvgIpc) is 2.74. The van der Waals surface area contributed by atoms with Gasteiger partial charge in [-0.3, -0.25) is 14.4 Å². The number of rotatable bonds is 4. The van der Waals surface area contributed by atoms with Gasteiger partial charge in [0.15, 0.2) is 5.78 Å². The van der Waals surface area contributed by atoms with Crippen LogP contribution in [0.25, 0.3) is 0 Å². The smallest absolute Gasteiger partial charge is 0.305 e. The van der Waals surface area contributed by atoms with Gasteiger partial charge in [-0.25, -0.2) is 0 Å². The second-order valence-electron chi connectivity index (χ2n) is 6.41. The largest absolute Gasteiger partial charge is 0.481 e. The molecule has 0 aliphatic heterocycles. The summed E-state index contributed by atoms with van der Waals surface area (Å²) < 4.78 is 0. The predicted octanol–water partition coefficient (Wildman–Crippen LogP) is 1.97. The van der Waals surface area contributed by atoms with E-state index in [4.69, 9.17) is 5.11 Å². The van der Waals surface area contributed by atoms with Crippen molar-refractivity contribution in [3.63, 3.8) is 0 Å². The van der Waals surface area contributed by atoms with Gasteiger partial charge in [-0.2, -0.15) is 0 Å². The summed E-state index contributed by atoms with van der Waals surface area (Å²) in [5.74, 6) is -1.13. The van der Waals surface area contributed by atoms with E-state index in [1.54, 1.807) is 6.92 Å². The number of hydrogen-bond acceptors (Lipinski definition) is 3. The highest BCUT2D eigenvalue weighted by atomic mass is 16.4. The number of hydrogen-bond donors (Lipinski definition) is 3. The first-order chi connectivity index (χ1) is 10.4. The Hall–Kier alpha value is -2.11. The van der Waals surface area contributed by atoms with Crippen LogP contribution in [0.15, 0.2) is 0 Å². The van der Waals surface area contributed by atoms with Crippen LogP contribution in [0.1, 0.15) is 70.6 Å². The number of carbonyl (C=O) groups excluding carboxylic acids is 2. The van der Waals surface area contributed by atoms with Crippen LogP contribution in [0.3, 0.4) is 0 Å². The quantitative estimate of drug-likeness (QED) is 0.792. The van der Waals surface area contributed by atoms with Gasteiger partial charge < -0.3 is 15.4 Å². The van der Waals surface area contributed by atoms with E-state index in [-0.39, 0.29) is 18.1 Å². The number of carboxylic acid groups (broad SMARTS) is 1. The van der Waals surface area contributed by atoms with E-state index in [1.807, 2.05) is 0 Å². The lowest BCUT2D eigenvalue weighted by Crippen LogP contribution is -2.54. The van der Waals surface area contributed by atoms with Crippen molar-refractivity contribution in [2.24, 2.45) is 0 Å². The molecule has 0 radical (unpaired) electrons. The summed E-state index contributed by atoms with van der Waals surface area (Å²) in [5.41, 5.74) is 1.93. The van der Waals surface area contributed by atoms with Crippen molar-refractivity contribution in [2.75, 3.05) is 0 Å². The zero-order chi connectivity index (χ0) is 15.9. The number of Topliss-reactive ketones (excluding diaryl/α,β-unsaturated/α-hetero) is 1. The first-order valence-electron chi connectivity index (χ1n) is 7.71. The lowest BCUT2D eigenvalue weighted by molar-refractivity contribution is -0.139. The van der Waals surface area contributed by atoms with E-state index in [2.05, 4.69) is 10.3 Å². The van der Waals surface area contributed by atoms with Gasteiger partial charge >= 0.3 is 5.97 Å². The Balaban J connectivity index is 1.84. The van der Waals surface area contributed by atoms with Gasteiger partial charge in [0, 0.05) is 17.7 Å². The average molecular weight is 304 g/mol. The molecule has 0 unspecified atom stereocenters. The van der Waals surface area contributed by atoms with Crippen LogP contribution in [0.2, 0.25) is 0 Å². The number of amides is 1. The number of ketones is 1. The third kappa shape index (κ3) is 2.42. The van der Waals surface area contributed by atoms with Crippen LogP contribution in [0.4, 0.5) is 0 Å². The van der Waals surface area contributed by atoms with Crippen molar-refractivity contribution in [2.45, 2.75) is 57.4 Å². The molecule has 0 spiro atoms. The highest BCUT2D eigenvalue weighted by Gasteiger charge is 2.41. The number of fused-ring (bicyclic) bond motifs is 1. The Morgan fingerprint density at radius 2 is 2.00 bits per heavy atom. The van der Waals surface area contributed by atoms with Crippen molar-refractivity contribution < 1.29 is 19.5 Å². The fourth-order valence-corrected chi connectivity index (χ4v) is 3.54. The van der Waals surface area contributed by atoms with Crippen LogP contribution in [0.5, 0.6) is 0 Å². The Morgan fingerprint density at radius 1 is 1.27 bits per heavy atom. The standard InChI is InChI=1S/C16H20N2O4/c1-9-13-10(4-2-5-11(13)19)17-14(9)15(22)18-16(6-3-7-16)8-12(20)21/h17H,2-8H2,1H3,(H,18,22)(H,20,21). The number of aryl methyl sites for hydroxylation is 1. The number of nitrogens with one attached hydrogen (secondary N) is 2. The highest BCUT2D eigenvalue weighted by molar-refractivity contribution is 6.04. The van der Waals surface area contributed by atoms with E-state index in [0.29, 0.717) is 36.1 Å². The molecule has 118 valence electrons. The molecule has 0 aromatic carbocycles. The topological polar surface area (TPSA) is 99.3 Å². The highest BCUT2D eigenvalue weighted by Crippen LogP contribution is 2.35. The number of carbonyl (C=O) groups is 3. The molecular weight excluding hydrogens is 284 g/mol. The third-order valence-electron chi connectivity index (χ3n) is 4.84. The summed E-state index contributed by atoms with van der Waals surface area (Å²) in [4.78, 5) is 38.6. The molecule has 1 aromatic rings. The van der Waals surface area contributed by atoms with Gasteiger partial charge in [-0.05, 0) is 44.6 Å². The van der Waals surface area contributed by atoms with E-state index >= 15 is 0 Å². The van der Waals surface area contributed by atoms with E-state index in [0.717, 1.165) is 25.0 Å². The van der Waals surface area contributed by atoms with Gasteiger partial charge in [-0.15, -0.1) is 0 Å². The molecule has 6 nitrogen and oxygen atoms in total.